The number of carbonyl (C=O) groups excluding carboxylic acids is 1. The number of ether oxygens (including phenoxy) is 3. The summed E-state index contributed by atoms with van der Waals surface area (Å²) in [6, 6.07) is 11.9. The zero-order valence-electron chi connectivity index (χ0n) is 16.1. The molecule has 0 bridgehead atoms. The van der Waals surface area contributed by atoms with Crippen LogP contribution in [-0.4, -0.2) is 33.9 Å². The Morgan fingerprint density at radius 3 is 2.18 bits per heavy atom. The quantitative estimate of drug-likeness (QED) is 0.338. The van der Waals surface area contributed by atoms with Gasteiger partial charge in [0.05, 0.1) is 19.5 Å². The van der Waals surface area contributed by atoms with E-state index in [4.69, 9.17) is 18.4 Å². The Labute approximate surface area is 165 Å². The van der Waals surface area contributed by atoms with E-state index in [0.717, 1.165) is 11.8 Å². The summed E-state index contributed by atoms with van der Waals surface area (Å²) >= 11 is 0. The van der Waals surface area contributed by atoms with Crippen molar-refractivity contribution in [3.05, 3.63) is 48.0 Å². The lowest BCUT2D eigenvalue weighted by molar-refractivity contribution is -0.134. The summed E-state index contributed by atoms with van der Waals surface area (Å²) in [6.07, 6.45) is 1.80. The van der Waals surface area contributed by atoms with E-state index in [1.54, 1.807) is 49.4 Å². The van der Waals surface area contributed by atoms with Crippen molar-refractivity contribution in [3.8, 4) is 23.0 Å². The summed E-state index contributed by atoms with van der Waals surface area (Å²) in [7, 11) is -3.55. The minimum absolute atomic E-state index is 0.238. The van der Waals surface area contributed by atoms with Crippen molar-refractivity contribution in [1.29, 1.82) is 0 Å². The molecule has 2 aromatic carbocycles. The molecular weight excluding hydrogens is 384 g/mol. The van der Waals surface area contributed by atoms with Crippen LogP contribution in [0.3, 0.4) is 0 Å². The molecule has 0 amide bonds. The molecule has 0 aliphatic rings. The van der Waals surface area contributed by atoms with Crippen LogP contribution in [0.15, 0.2) is 42.5 Å². The number of benzene rings is 2. The van der Waals surface area contributed by atoms with Gasteiger partial charge in [-0.2, -0.15) is 8.42 Å². The molecular formula is C20H24O7S. The van der Waals surface area contributed by atoms with Crippen LogP contribution in [0.25, 0.3) is 0 Å². The van der Waals surface area contributed by atoms with Crippen molar-refractivity contribution in [2.75, 3.05) is 19.5 Å². The molecule has 0 aliphatic carbocycles. The average Bonchev–Trinajstić information content (AvgIpc) is 2.64. The van der Waals surface area contributed by atoms with Crippen LogP contribution in [0.4, 0.5) is 0 Å². The first-order valence-corrected chi connectivity index (χ1v) is 10.7. The molecule has 0 saturated carbocycles. The topological polar surface area (TPSA) is 88.1 Å². The van der Waals surface area contributed by atoms with Gasteiger partial charge in [-0.1, -0.05) is 25.1 Å². The van der Waals surface area contributed by atoms with Crippen LogP contribution in [0.5, 0.6) is 23.0 Å². The molecule has 0 radical (unpaired) electrons. The van der Waals surface area contributed by atoms with E-state index in [-0.39, 0.29) is 23.9 Å². The van der Waals surface area contributed by atoms with E-state index in [0.29, 0.717) is 31.1 Å². The van der Waals surface area contributed by atoms with Crippen molar-refractivity contribution in [2.24, 2.45) is 0 Å². The SMILES string of the molecule is CCOc1cccc(OCCc2ccc(OS(C)(=O)=O)cc2)c1OC(=O)CC. The van der Waals surface area contributed by atoms with Gasteiger partial charge in [-0.3, -0.25) is 4.79 Å². The van der Waals surface area contributed by atoms with Gasteiger partial charge in [0.25, 0.3) is 0 Å². The van der Waals surface area contributed by atoms with E-state index in [1.165, 1.54) is 0 Å². The summed E-state index contributed by atoms with van der Waals surface area (Å²) in [5.74, 6) is 1.02. The predicted octanol–water partition coefficient (Wildman–Crippen LogP) is 3.36. The van der Waals surface area contributed by atoms with Crippen molar-refractivity contribution < 1.29 is 31.6 Å². The van der Waals surface area contributed by atoms with E-state index in [9.17, 15) is 13.2 Å². The summed E-state index contributed by atoms with van der Waals surface area (Å²) in [5, 5.41) is 0. The van der Waals surface area contributed by atoms with Crippen LogP contribution in [-0.2, 0) is 21.3 Å². The first kappa shape index (κ1) is 21.6. The monoisotopic (exact) mass is 408 g/mol. The molecule has 0 heterocycles. The fourth-order valence-electron chi connectivity index (χ4n) is 2.33. The van der Waals surface area contributed by atoms with E-state index in [2.05, 4.69) is 0 Å². The lowest BCUT2D eigenvalue weighted by Gasteiger charge is -2.15. The normalized spacial score (nSPS) is 11.0. The highest BCUT2D eigenvalue weighted by atomic mass is 32.2. The maximum absolute atomic E-state index is 11.7. The molecule has 8 heteroatoms. The number of hydrogen-bond acceptors (Lipinski definition) is 7. The molecule has 0 saturated heterocycles. The van der Waals surface area contributed by atoms with Crippen molar-refractivity contribution in [2.45, 2.75) is 26.7 Å². The Balaban J connectivity index is 2.03. The zero-order chi connectivity index (χ0) is 20.6. The standard InChI is InChI=1S/C20H24O7S/c1-4-19(21)26-20-17(24-5-2)7-6-8-18(20)25-14-13-15-9-11-16(12-10-15)27-28(3,22)23/h6-12H,4-5,13-14H2,1-3H3. The summed E-state index contributed by atoms with van der Waals surface area (Å²) in [6.45, 7) is 4.32. The van der Waals surface area contributed by atoms with Gasteiger partial charge in [-0.05, 0) is 36.8 Å². The molecule has 0 aliphatic heterocycles. The lowest BCUT2D eigenvalue weighted by atomic mass is 10.1. The summed E-state index contributed by atoms with van der Waals surface area (Å²) < 4.78 is 43.8. The van der Waals surface area contributed by atoms with Gasteiger partial charge in [0.1, 0.15) is 5.75 Å². The third-order valence-electron chi connectivity index (χ3n) is 3.57. The van der Waals surface area contributed by atoms with E-state index in [1.807, 2.05) is 6.92 Å². The Morgan fingerprint density at radius 1 is 0.964 bits per heavy atom. The first-order valence-electron chi connectivity index (χ1n) is 8.90. The lowest BCUT2D eigenvalue weighted by Crippen LogP contribution is -2.10. The van der Waals surface area contributed by atoms with Crippen molar-refractivity contribution >= 4 is 16.1 Å². The molecule has 0 fully saturated rings. The highest BCUT2D eigenvalue weighted by Gasteiger charge is 2.15. The van der Waals surface area contributed by atoms with Gasteiger partial charge in [0.15, 0.2) is 11.5 Å². The number of para-hydroxylation sites is 1. The van der Waals surface area contributed by atoms with Crippen LogP contribution < -0.4 is 18.4 Å². The molecule has 0 atom stereocenters. The van der Waals surface area contributed by atoms with Gasteiger partial charge in [-0.25, -0.2) is 0 Å². The van der Waals surface area contributed by atoms with Crippen LogP contribution in [0, 0.1) is 0 Å². The van der Waals surface area contributed by atoms with Crippen LogP contribution in [0.1, 0.15) is 25.8 Å². The minimum atomic E-state index is -3.55. The highest BCUT2D eigenvalue weighted by molar-refractivity contribution is 7.86. The predicted molar refractivity (Wildman–Crippen MR) is 105 cm³/mol. The molecule has 2 aromatic rings. The number of carbonyl (C=O) groups is 1. The molecule has 152 valence electrons. The largest absolute Gasteiger partial charge is 0.490 e. The second-order valence-electron chi connectivity index (χ2n) is 5.87. The van der Waals surface area contributed by atoms with Gasteiger partial charge >= 0.3 is 16.1 Å². The smallest absolute Gasteiger partial charge is 0.311 e. The Bertz CT molecular complexity index is 889. The average molecular weight is 408 g/mol. The zero-order valence-corrected chi connectivity index (χ0v) is 17.0. The second kappa shape index (κ2) is 9.98. The minimum Gasteiger partial charge on any atom is -0.490 e. The first-order chi connectivity index (χ1) is 13.3. The maximum Gasteiger partial charge on any atom is 0.311 e. The summed E-state index contributed by atoms with van der Waals surface area (Å²) in [5.41, 5.74) is 0.939. The van der Waals surface area contributed by atoms with Crippen LogP contribution in [0.2, 0.25) is 0 Å². The molecule has 28 heavy (non-hydrogen) atoms. The van der Waals surface area contributed by atoms with Crippen molar-refractivity contribution in [1.82, 2.24) is 0 Å². The van der Waals surface area contributed by atoms with Gasteiger partial charge in [0.2, 0.25) is 5.75 Å². The van der Waals surface area contributed by atoms with Crippen molar-refractivity contribution in [3.63, 3.8) is 0 Å². The van der Waals surface area contributed by atoms with Gasteiger partial charge < -0.3 is 18.4 Å². The fraction of sp³-hybridized carbons (Fsp3) is 0.350. The van der Waals surface area contributed by atoms with Gasteiger partial charge in [0, 0.05) is 12.8 Å². The van der Waals surface area contributed by atoms with E-state index < -0.39 is 10.1 Å². The Morgan fingerprint density at radius 2 is 1.61 bits per heavy atom. The maximum atomic E-state index is 11.7. The highest BCUT2D eigenvalue weighted by Crippen LogP contribution is 2.37. The number of hydrogen-bond donors (Lipinski definition) is 0. The third kappa shape index (κ3) is 6.77. The molecule has 0 aromatic heterocycles. The van der Waals surface area contributed by atoms with Crippen LogP contribution >= 0.6 is 0 Å². The molecule has 0 spiro atoms. The number of esters is 1. The van der Waals surface area contributed by atoms with E-state index >= 15 is 0 Å². The third-order valence-corrected chi connectivity index (χ3v) is 4.06. The number of rotatable bonds is 10. The molecule has 7 nitrogen and oxygen atoms in total. The Hall–Kier alpha value is -2.74. The molecule has 0 N–H and O–H groups in total. The molecule has 2 rings (SSSR count). The fourth-order valence-corrected chi connectivity index (χ4v) is 2.79. The summed E-state index contributed by atoms with van der Waals surface area (Å²) in [4.78, 5) is 11.7. The second-order valence-corrected chi connectivity index (χ2v) is 7.45. The van der Waals surface area contributed by atoms with Gasteiger partial charge in [-0.15, -0.1) is 0 Å². The molecule has 0 unspecified atom stereocenters. The Kier molecular flexibility index (Phi) is 7.69.